The van der Waals surface area contributed by atoms with E-state index in [9.17, 15) is 9.59 Å². The fourth-order valence-electron chi connectivity index (χ4n) is 3.00. The lowest BCUT2D eigenvalue weighted by molar-refractivity contribution is 0.414. The Hall–Kier alpha value is -3.87. The number of nitrogens with zero attached hydrogens (tertiary/aromatic N) is 1. The molecule has 0 aliphatic carbocycles. The van der Waals surface area contributed by atoms with E-state index in [0.717, 1.165) is 22.7 Å². The maximum absolute atomic E-state index is 12.4. The maximum atomic E-state index is 12.4. The molecule has 0 amide bonds. The molecule has 3 N–H and O–H groups in total. The van der Waals surface area contributed by atoms with Crippen molar-refractivity contribution in [2.24, 2.45) is 0 Å². The van der Waals surface area contributed by atoms with E-state index in [0.29, 0.717) is 0 Å². The van der Waals surface area contributed by atoms with Crippen LogP contribution in [0.25, 0.3) is 24.3 Å². The SMILES string of the molecule is COc1cccc(/C=C/C=c2\[nH]c(=O)/c(=C/C=C/c3nc[nH]c3C(C)(C)C)[nH]c2=O)c1. The molecule has 0 saturated heterocycles. The van der Waals surface area contributed by atoms with Crippen molar-refractivity contribution < 1.29 is 4.74 Å². The van der Waals surface area contributed by atoms with Gasteiger partial charge in [-0.15, -0.1) is 0 Å². The van der Waals surface area contributed by atoms with Gasteiger partial charge in [0.15, 0.2) is 0 Å². The highest BCUT2D eigenvalue weighted by Crippen LogP contribution is 2.23. The van der Waals surface area contributed by atoms with Crippen LogP contribution < -0.4 is 26.6 Å². The third-order valence-corrected chi connectivity index (χ3v) is 4.57. The van der Waals surface area contributed by atoms with Crippen molar-refractivity contribution in [2.75, 3.05) is 7.11 Å². The molecule has 7 heteroatoms. The van der Waals surface area contributed by atoms with Crippen LogP contribution in [0.15, 0.2) is 52.3 Å². The molecule has 31 heavy (non-hydrogen) atoms. The van der Waals surface area contributed by atoms with Crippen LogP contribution in [0.2, 0.25) is 0 Å². The maximum Gasteiger partial charge on any atom is 0.272 e. The molecule has 2 aromatic heterocycles. The first-order valence-corrected chi connectivity index (χ1v) is 9.85. The van der Waals surface area contributed by atoms with E-state index in [4.69, 9.17) is 4.74 Å². The molecule has 0 fully saturated rings. The molecule has 0 bridgehead atoms. The van der Waals surface area contributed by atoms with Crippen LogP contribution in [0.1, 0.15) is 37.7 Å². The van der Waals surface area contributed by atoms with Crippen molar-refractivity contribution in [3.63, 3.8) is 0 Å². The van der Waals surface area contributed by atoms with Gasteiger partial charge in [-0.3, -0.25) is 9.59 Å². The van der Waals surface area contributed by atoms with E-state index in [1.165, 1.54) is 0 Å². The summed E-state index contributed by atoms with van der Waals surface area (Å²) >= 11 is 0. The van der Waals surface area contributed by atoms with Crippen LogP contribution in [0.4, 0.5) is 0 Å². The van der Waals surface area contributed by atoms with Gasteiger partial charge in [0.2, 0.25) is 0 Å². The Labute approximate surface area is 179 Å². The van der Waals surface area contributed by atoms with Gasteiger partial charge in [0, 0.05) is 11.1 Å². The van der Waals surface area contributed by atoms with Crippen molar-refractivity contribution in [2.45, 2.75) is 26.2 Å². The van der Waals surface area contributed by atoms with Gasteiger partial charge < -0.3 is 19.7 Å². The highest BCUT2D eigenvalue weighted by molar-refractivity contribution is 5.59. The molecule has 1 aromatic carbocycles. The van der Waals surface area contributed by atoms with Crippen molar-refractivity contribution in [1.82, 2.24) is 19.9 Å². The Balaban J connectivity index is 1.86. The zero-order chi connectivity index (χ0) is 22.4. The van der Waals surface area contributed by atoms with Gasteiger partial charge in [-0.25, -0.2) is 4.98 Å². The van der Waals surface area contributed by atoms with Crippen molar-refractivity contribution >= 4 is 24.3 Å². The molecular weight excluding hydrogens is 392 g/mol. The molecular formula is C24H26N4O3. The minimum atomic E-state index is -0.386. The number of aromatic amines is 3. The number of methoxy groups -OCH3 is 1. The van der Waals surface area contributed by atoms with E-state index in [2.05, 4.69) is 40.7 Å². The van der Waals surface area contributed by atoms with Gasteiger partial charge in [0.05, 0.1) is 19.1 Å². The predicted octanol–water partition coefficient (Wildman–Crippen LogP) is 2.08. The van der Waals surface area contributed by atoms with Gasteiger partial charge in [-0.2, -0.15) is 0 Å². The summed E-state index contributed by atoms with van der Waals surface area (Å²) in [7, 11) is 1.60. The molecule has 3 rings (SSSR count). The van der Waals surface area contributed by atoms with E-state index in [-0.39, 0.29) is 27.2 Å². The molecule has 0 spiro atoms. The summed E-state index contributed by atoms with van der Waals surface area (Å²) in [5.74, 6) is 0.741. The van der Waals surface area contributed by atoms with Crippen molar-refractivity contribution in [3.8, 4) is 5.75 Å². The predicted molar refractivity (Wildman–Crippen MR) is 124 cm³/mol. The summed E-state index contributed by atoms with van der Waals surface area (Å²) in [6, 6.07) is 7.50. The largest absolute Gasteiger partial charge is 0.497 e. The molecule has 0 saturated carbocycles. The molecule has 0 radical (unpaired) electrons. The molecule has 3 aromatic rings. The molecule has 7 nitrogen and oxygen atoms in total. The molecule has 0 atom stereocenters. The topological polar surface area (TPSA) is 104 Å². The second-order valence-corrected chi connectivity index (χ2v) is 7.98. The fourth-order valence-corrected chi connectivity index (χ4v) is 3.00. The Bertz CT molecular complexity index is 1350. The van der Waals surface area contributed by atoms with Gasteiger partial charge in [0.1, 0.15) is 16.4 Å². The van der Waals surface area contributed by atoms with Crippen LogP contribution >= 0.6 is 0 Å². The number of imidazole rings is 1. The van der Waals surface area contributed by atoms with Gasteiger partial charge in [-0.1, -0.05) is 51.1 Å². The van der Waals surface area contributed by atoms with E-state index in [1.54, 1.807) is 43.8 Å². The summed E-state index contributed by atoms with van der Waals surface area (Å²) in [5.41, 5.74) is 1.84. The smallest absolute Gasteiger partial charge is 0.272 e. The molecule has 0 aliphatic rings. The number of hydrogen-bond donors (Lipinski definition) is 3. The Kier molecular flexibility index (Phi) is 6.55. The van der Waals surface area contributed by atoms with E-state index in [1.807, 2.05) is 30.3 Å². The van der Waals surface area contributed by atoms with Crippen molar-refractivity contribution in [1.29, 1.82) is 0 Å². The molecule has 0 unspecified atom stereocenters. The number of nitrogens with one attached hydrogen (secondary N) is 3. The minimum absolute atomic E-state index is 0.0855. The number of H-pyrrole nitrogens is 3. The van der Waals surface area contributed by atoms with Crippen molar-refractivity contribution in [3.05, 3.63) is 91.1 Å². The first kappa shape index (κ1) is 21.8. The number of benzene rings is 1. The van der Waals surface area contributed by atoms with Crippen LogP contribution in [-0.4, -0.2) is 27.0 Å². The summed E-state index contributed by atoms with van der Waals surface area (Å²) in [5, 5.41) is 0.343. The number of allylic oxidation sites excluding steroid dienone is 2. The Morgan fingerprint density at radius 1 is 0.968 bits per heavy atom. The average molecular weight is 418 g/mol. The summed E-state index contributed by atoms with van der Waals surface area (Å²) < 4.78 is 5.18. The second-order valence-electron chi connectivity index (χ2n) is 7.98. The number of rotatable bonds is 5. The summed E-state index contributed by atoms with van der Waals surface area (Å²) in [4.78, 5) is 37.4. The van der Waals surface area contributed by atoms with Gasteiger partial charge >= 0.3 is 0 Å². The van der Waals surface area contributed by atoms with Crippen LogP contribution in [0.5, 0.6) is 5.75 Å². The lowest BCUT2D eigenvalue weighted by Gasteiger charge is -2.16. The normalized spacial score (nSPS) is 13.5. The average Bonchev–Trinajstić information content (AvgIpc) is 3.20. The second kappa shape index (κ2) is 9.30. The molecule has 0 aliphatic heterocycles. The summed E-state index contributed by atoms with van der Waals surface area (Å²) in [6.07, 6.45) is 11.8. The number of hydrogen-bond acceptors (Lipinski definition) is 4. The standard InChI is InChI=1S/C24H26N4O3/c1-24(2,3)21-18(25-15-26-21)11-7-13-20-23(30)27-19(22(29)28-20)12-6-9-16-8-5-10-17(14-16)31-4/h5-15H,1-4H3,(H,25,26)(H,27,30)(H,28,29)/b9-6+,11-7+,19-12-,20-13-. The lowest BCUT2D eigenvalue weighted by atomic mass is 9.90. The zero-order valence-electron chi connectivity index (χ0n) is 18.0. The Morgan fingerprint density at radius 2 is 1.61 bits per heavy atom. The Morgan fingerprint density at radius 3 is 2.23 bits per heavy atom. The van der Waals surface area contributed by atoms with Gasteiger partial charge in [0.25, 0.3) is 11.1 Å². The van der Waals surface area contributed by atoms with Crippen LogP contribution in [-0.2, 0) is 5.41 Å². The highest BCUT2D eigenvalue weighted by Gasteiger charge is 2.18. The summed E-state index contributed by atoms with van der Waals surface area (Å²) in [6.45, 7) is 6.26. The monoisotopic (exact) mass is 418 g/mol. The van der Waals surface area contributed by atoms with Crippen LogP contribution in [0, 0.1) is 0 Å². The van der Waals surface area contributed by atoms with Gasteiger partial charge in [-0.05, 0) is 35.9 Å². The third kappa shape index (κ3) is 5.60. The lowest BCUT2D eigenvalue weighted by Crippen LogP contribution is -2.46. The molecule has 2 heterocycles. The number of aromatic nitrogens is 4. The van der Waals surface area contributed by atoms with E-state index >= 15 is 0 Å². The molecule has 160 valence electrons. The number of ether oxygens (including phenoxy) is 1. The van der Waals surface area contributed by atoms with Crippen LogP contribution in [0.3, 0.4) is 0 Å². The first-order valence-electron chi connectivity index (χ1n) is 9.85. The quantitative estimate of drug-likeness (QED) is 0.590. The first-order chi connectivity index (χ1) is 14.8. The minimum Gasteiger partial charge on any atom is -0.497 e. The fraction of sp³-hybridized carbons (Fsp3) is 0.208. The van der Waals surface area contributed by atoms with E-state index < -0.39 is 0 Å². The highest BCUT2D eigenvalue weighted by atomic mass is 16.5. The third-order valence-electron chi connectivity index (χ3n) is 4.57. The zero-order valence-corrected chi connectivity index (χ0v) is 18.0.